The van der Waals surface area contributed by atoms with E-state index in [0.29, 0.717) is 37.0 Å². The van der Waals surface area contributed by atoms with Crippen molar-refractivity contribution >= 4 is 17.6 Å². The lowest BCUT2D eigenvalue weighted by atomic mass is 10.1. The van der Waals surface area contributed by atoms with E-state index in [4.69, 9.17) is 4.74 Å². The standard InChI is InChI=1S/C22H25N3O3/c26-19(24-17-10-4-5-11-17)13-7-15-25-21-18(12-6-14-23-21)28-20(22(25)27)16-8-2-1-3-9-16/h1-3,6,8-9,12,14,17,20H,4-5,7,10-11,13,15H2,(H,24,26)/t20-/m1/s1. The van der Waals surface area contributed by atoms with Crippen molar-refractivity contribution in [3.8, 4) is 5.75 Å². The van der Waals surface area contributed by atoms with Gasteiger partial charge in [0.1, 0.15) is 0 Å². The summed E-state index contributed by atoms with van der Waals surface area (Å²) in [7, 11) is 0. The molecule has 28 heavy (non-hydrogen) atoms. The van der Waals surface area contributed by atoms with Gasteiger partial charge in [0.15, 0.2) is 11.6 Å². The molecule has 2 heterocycles. The Kier molecular flexibility index (Phi) is 5.55. The Morgan fingerprint density at radius 3 is 2.71 bits per heavy atom. The average molecular weight is 379 g/mol. The number of fused-ring (bicyclic) bond motifs is 1. The van der Waals surface area contributed by atoms with Crippen LogP contribution in [0.15, 0.2) is 48.7 Å². The zero-order valence-corrected chi connectivity index (χ0v) is 15.8. The second-order valence-corrected chi connectivity index (χ2v) is 7.38. The molecule has 146 valence electrons. The number of hydrogen-bond donors (Lipinski definition) is 1. The Hall–Kier alpha value is -2.89. The van der Waals surface area contributed by atoms with Crippen LogP contribution in [0.25, 0.3) is 0 Å². The van der Waals surface area contributed by atoms with Crippen LogP contribution in [0.1, 0.15) is 50.2 Å². The molecule has 1 aliphatic carbocycles. The first-order valence-electron chi connectivity index (χ1n) is 10.00. The lowest BCUT2D eigenvalue weighted by molar-refractivity contribution is -0.127. The predicted octanol–water partition coefficient (Wildman–Crippen LogP) is 3.39. The molecule has 0 unspecified atom stereocenters. The fraction of sp³-hybridized carbons (Fsp3) is 0.409. The van der Waals surface area contributed by atoms with Crippen molar-refractivity contribution in [2.75, 3.05) is 11.4 Å². The number of carbonyl (C=O) groups is 2. The Morgan fingerprint density at radius 2 is 1.93 bits per heavy atom. The summed E-state index contributed by atoms with van der Waals surface area (Å²) in [5.74, 6) is 1.03. The third kappa shape index (κ3) is 4.01. The number of anilines is 1. The minimum absolute atomic E-state index is 0.0634. The first kappa shape index (κ1) is 18.5. The molecule has 0 bridgehead atoms. The molecule has 1 fully saturated rings. The predicted molar refractivity (Wildman–Crippen MR) is 106 cm³/mol. The quantitative estimate of drug-likeness (QED) is 0.835. The summed E-state index contributed by atoms with van der Waals surface area (Å²) in [5.41, 5.74) is 0.811. The SMILES string of the molecule is O=C(CCCN1C(=O)[C@@H](c2ccccc2)Oc2cccnc21)NC1CCCC1. The molecule has 6 heteroatoms. The maximum absolute atomic E-state index is 13.1. The highest BCUT2D eigenvalue weighted by atomic mass is 16.5. The van der Waals surface area contributed by atoms with Gasteiger partial charge >= 0.3 is 0 Å². The second-order valence-electron chi connectivity index (χ2n) is 7.38. The smallest absolute Gasteiger partial charge is 0.274 e. The zero-order chi connectivity index (χ0) is 19.3. The minimum Gasteiger partial charge on any atom is -0.472 e. The summed E-state index contributed by atoms with van der Waals surface area (Å²) in [6, 6.07) is 13.4. The maximum Gasteiger partial charge on any atom is 0.274 e. The number of nitrogens with zero attached hydrogens (tertiary/aromatic N) is 2. The van der Waals surface area contributed by atoms with Gasteiger partial charge < -0.3 is 10.1 Å². The van der Waals surface area contributed by atoms with Crippen LogP contribution < -0.4 is 15.0 Å². The number of carbonyl (C=O) groups excluding carboxylic acids is 2. The fourth-order valence-corrected chi connectivity index (χ4v) is 3.92. The first-order valence-corrected chi connectivity index (χ1v) is 10.00. The normalized spacial score (nSPS) is 19.2. The van der Waals surface area contributed by atoms with E-state index >= 15 is 0 Å². The molecule has 0 radical (unpaired) electrons. The molecule has 1 aromatic heterocycles. The summed E-state index contributed by atoms with van der Waals surface area (Å²) in [4.78, 5) is 31.3. The van der Waals surface area contributed by atoms with Gasteiger partial charge in [-0.3, -0.25) is 14.5 Å². The van der Waals surface area contributed by atoms with E-state index in [2.05, 4.69) is 10.3 Å². The number of benzene rings is 1. The number of pyridine rings is 1. The van der Waals surface area contributed by atoms with Crippen LogP contribution >= 0.6 is 0 Å². The number of hydrogen-bond acceptors (Lipinski definition) is 4. The van der Waals surface area contributed by atoms with Gasteiger partial charge in [0, 0.05) is 30.8 Å². The number of ether oxygens (including phenoxy) is 1. The van der Waals surface area contributed by atoms with Crippen molar-refractivity contribution in [1.29, 1.82) is 0 Å². The van der Waals surface area contributed by atoms with Crippen LogP contribution in [0.3, 0.4) is 0 Å². The summed E-state index contributed by atoms with van der Waals surface area (Å²) in [5, 5.41) is 3.10. The lowest BCUT2D eigenvalue weighted by Gasteiger charge is -2.33. The Bertz CT molecular complexity index is 834. The molecule has 4 rings (SSSR count). The highest BCUT2D eigenvalue weighted by Gasteiger charge is 2.36. The van der Waals surface area contributed by atoms with Crippen LogP contribution in [-0.2, 0) is 9.59 Å². The minimum atomic E-state index is -0.690. The van der Waals surface area contributed by atoms with Gasteiger partial charge in [0.2, 0.25) is 12.0 Å². The van der Waals surface area contributed by atoms with Crippen LogP contribution in [0.5, 0.6) is 5.75 Å². The van der Waals surface area contributed by atoms with Gasteiger partial charge in [-0.2, -0.15) is 0 Å². The van der Waals surface area contributed by atoms with Crippen LogP contribution in [0.2, 0.25) is 0 Å². The van der Waals surface area contributed by atoms with Crippen LogP contribution in [0, 0.1) is 0 Å². The molecule has 1 saturated carbocycles. The Labute approximate surface area is 164 Å². The van der Waals surface area contributed by atoms with E-state index in [-0.39, 0.29) is 11.8 Å². The van der Waals surface area contributed by atoms with Gasteiger partial charge in [-0.25, -0.2) is 4.98 Å². The molecule has 2 aromatic rings. The summed E-state index contributed by atoms with van der Waals surface area (Å²) < 4.78 is 5.94. The van der Waals surface area contributed by atoms with Gasteiger partial charge in [0.05, 0.1) is 0 Å². The molecule has 1 aromatic carbocycles. The van der Waals surface area contributed by atoms with E-state index in [1.54, 1.807) is 17.2 Å². The first-order chi connectivity index (χ1) is 13.7. The molecule has 0 saturated heterocycles. The third-order valence-corrected chi connectivity index (χ3v) is 5.35. The molecule has 6 nitrogen and oxygen atoms in total. The molecular weight excluding hydrogens is 354 g/mol. The van der Waals surface area contributed by atoms with Crippen molar-refractivity contribution in [2.24, 2.45) is 0 Å². The summed E-state index contributed by atoms with van der Waals surface area (Å²) in [6.07, 6.45) is 6.48. The molecule has 0 spiro atoms. The molecule has 1 atom stereocenters. The fourth-order valence-electron chi connectivity index (χ4n) is 3.92. The van der Waals surface area contributed by atoms with Crippen molar-refractivity contribution in [2.45, 2.75) is 50.7 Å². The number of nitrogens with one attached hydrogen (secondary N) is 1. The number of rotatable bonds is 6. The van der Waals surface area contributed by atoms with Gasteiger partial charge in [-0.1, -0.05) is 43.2 Å². The van der Waals surface area contributed by atoms with Crippen molar-refractivity contribution in [3.63, 3.8) is 0 Å². The van der Waals surface area contributed by atoms with Crippen LogP contribution in [0.4, 0.5) is 5.82 Å². The third-order valence-electron chi connectivity index (χ3n) is 5.35. The summed E-state index contributed by atoms with van der Waals surface area (Å²) >= 11 is 0. The zero-order valence-electron chi connectivity index (χ0n) is 15.8. The number of aromatic nitrogens is 1. The highest BCUT2D eigenvalue weighted by molar-refractivity contribution is 5.99. The van der Waals surface area contributed by atoms with E-state index in [0.717, 1.165) is 18.4 Å². The molecule has 2 amide bonds. The van der Waals surface area contributed by atoms with E-state index in [9.17, 15) is 9.59 Å². The highest BCUT2D eigenvalue weighted by Crippen LogP contribution is 2.37. The van der Waals surface area contributed by atoms with Gasteiger partial charge in [0.25, 0.3) is 5.91 Å². The summed E-state index contributed by atoms with van der Waals surface area (Å²) in [6.45, 7) is 0.438. The largest absolute Gasteiger partial charge is 0.472 e. The molecule has 2 aliphatic rings. The van der Waals surface area contributed by atoms with E-state index < -0.39 is 6.10 Å². The topological polar surface area (TPSA) is 71.5 Å². The second kappa shape index (κ2) is 8.42. The average Bonchev–Trinajstić information content (AvgIpc) is 3.23. The van der Waals surface area contributed by atoms with Crippen molar-refractivity contribution < 1.29 is 14.3 Å². The lowest BCUT2D eigenvalue weighted by Crippen LogP contribution is -2.42. The molecule has 1 N–H and O–H groups in total. The van der Waals surface area contributed by atoms with Crippen molar-refractivity contribution in [3.05, 3.63) is 54.2 Å². The molecular formula is C22H25N3O3. The molecule has 1 aliphatic heterocycles. The van der Waals surface area contributed by atoms with Crippen molar-refractivity contribution in [1.82, 2.24) is 10.3 Å². The van der Waals surface area contributed by atoms with E-state index in [1.165, 1.54) is 12.8 Å². The Morgan fingerprint density at radius 1 is 1.14 bits per heavy atom. The number of amides is 2. The maximum atomic E-state index is 13.1. The van der Waals surface area contributed by atoms with E-state index in [1.807, 2.05) is 36.4 Å². The van der Waals surface area contributed by atoms with Gasteiger partial charge in [-0.05, 0) is 31.4 Å². The Balaban J connectivity index is 1.44. The van der Waals surface area contributed by atoms with Gasteiger partial charge in [-0.15, -0.1) is 0 Å². The van der Waals surface area contributed by atoms with Crippen LogP contribution in [-0.4, -0.2) is 29.4 Å². The monoisotopic (exact) mass is 379 g/mol.